The van der Waals surface area contributed by atoms with Gasteiger partial charge in [0.05, 0.1) is 6.42 Å². The summed E-state index contributed by atoms with van der Waals surface area (Å²) in [5.41, 5.74) is 2.36. The van der Waals surface area contributed by atoms with Gasteiger partial charge in [-0.15, -0.1) is 0 Å². The van der Waals surface area contributed by atoms with E-state index < -0.39 is 0 Å². The maximum atomic E-state index is 5.71. The fourth-order valence-corrected chi connectivity index (χ4v) is 2.86. The number of rotatable bonds is 4. The molecular weight excluding hydrogens is 288 g/mol. The third-order valence-electron chi connectivity index (χ3n) is 4.09. The van der Waals surface area contributed by atoms with E-state index in [2.05, 4.69) is 34.3 Å². The highest BCUT2D eigenvalue weighted by atomic mass is 16.5. The van der Waals surface area contributed by atoms with Gasteiger partial charge < -0.3 is 9.47 Å². The second-order valence-corrected chi connectivity index (χ2v) is 5.70. The Morgan fingerprint density at radius 2 is 1.13 bits per heavy atom. The summed E-state index contributed by atoms with van der Waals surface area (Å²) in [5.74, 6) is 1.43. The Labute approximate surface area is 135 Å². The summed E-state index contributed by atoms with van der Waals surface area (Å²) >= 11 is 0. The molecule has 2 aliphatic rings. The standard InChI is InChI=1S/C19H18N2O2/c1-3-7-14(8-4-1)16-12-22-18(20-16)11-19-21-17(13-23-19)15-9-5-2-6-10-15/h1-10,16-17H,11-13H2. The summed E-state index contributed by atoms with van der Waals surface area (Å²) in [7, 11) is 0. The van der Waals surface area contributed by atoms with E-state index in [1.165, 1.54) is 11.1 Å². The number of ether oxygens (including phenoxy) is 2. The van der Waals surface area contributed by atoms with Crippen molar-refractivity contribution in [3.8, 4) is 0 Å². The molecule has 23 heavy (non-hydrogen) atoms. The maximum Gasteiger partial charge on any atom is 0.193 e. The Kier molecular flexibility index (Phi) is 3.80. The van der Waals surface area contributed by atoms with Gasteiger partial charge in [-0.25, -0.2) is 9.98 Å². The second kappa shape index (κ2) is 6.24. The van der Waals surface area contributed by atoms with E-state index in [1.807, 2.05) is 36.4 Å². The van der Waals surface area contributed by atoms with E-state index in [0.29, 0.717) is 31.4 Å². The van der Waals surface area contributed by atoms with Crippen LogP contribution in [0.1, 0.15) is 29.6 Å². The van der Waals surface area contributed by atoms with Crippen molar-refractivity contribution >= 4 is 11.8 Å². The molecule has 0 spiro atoms. The van der Waals surface area contributed by atoms with E-state index in [4.69, 9.17) is 9.47 Å². The summed E-state index contributed by atoms with van der Waals surface area (Å²) in [6.07, 6.45) is 0.534. The Hall–Kier alpha value is -2.62. The number of hydrogen-bond acceptors (Lipinski definition) is 4. The molecule has 2 unspecified atom stereocenters. The van der Waals surface area contributed by atoms with Crippen molar-refractivity contribution in [3.63, 3.8) is 0 Å². The van der Waals surface area contributed by atoms with Crippen LogP contribution in [0, 0.1) is 0 Å². The lowest BCUT2D eigenvalue weighted by Gasteiger charge is -2.03. The molecule has 0 radical (unpaired) electrons. The lowest BCUT2D eigenvalue weighted by Crippen LogP contribution is -2.08. The molecule has 0 amide bonds. The summed E-state index contributed by atoms with van der Waals surface area (Å²) in [6.45, 7) is 1.18. The maximum absolute atomic E-state index is 5.71. The number of benzene rings is 2. The van der Waals surface area contributed by atoms with Crippen molar-refractivity contribution in [2.45, 2.75) is 18.5 Å². The van der Waals surface area contributed by atoms with Crippen LogP contribution in [-0.4, -0.2) is 25.0 Å². The molecule has 2 aliphatic heterocycles. The zero-order valence-electron chi connectivity index (χ0n) is 12.8. The molecule has 4 rings (SSSR count). The molecule has 0 saturated carbocycles. The molecule has 4 heteroatoms. The summed E-state index contributed by atoms with van der Waals surface area (Å²) in [6, 6.07) is 20.6. The Balaban J connectivity index is 1.43. The highest BCUT2D eigenvalue weighted by molar-refractivity contribution is 5.98. The first kappa shape index (κ1) is 14.0. The normalized spacial score (nSPS) is 23.0. The molecule has 2 atom stereocenters. The van der Waals surface area contributed by atoms with E-state index in [9.17, 15) is 0 Å². The van der Waals surface area contributed by atoms with Gasteiger partial charge in [0, 0.05) is 0 Å². The first-order valence-electron chi connectivity index (χ1n) is 7.87. The molecule has 2 aromatic carbocycles. The van der Waals surface area contributed by atoms with E-state index in [1.54, 1.807) is 0 Å². The minimum atomic E-state index is 0.0816. The van der Waals surface area contributed by atoms with Gasteiger partial charge in [0.25, 0.3) is 0 Å². The predicted octanol–water partition coefficient (Wildman–Crippen LogP) is 3.72. The number of nitrogens with zero attached hydrogens (tertiary/aromatic N) is 2. The van der Waals surface area contributed by atoms with Crippen molar-refractivity contribution in [2.24, 2.45) is 9.98 Å². The minimum Gasteiger partial charge on any atom is -0.478 e. The largest absolute Gasteiger partial charge is 0.478 e. The predicted molar refractivity (Wildman–Crippen MR) is 89.8 cm³/mol. The highest BCUT2D eigenvalue weighted by Crippen LogP contribution is 2.26. The van der Waals surface area contributed by atoms with Crippen molar-refractivity contribution in [1.29, 1.82) is 0 Å². The summed E-state index contributed by atoms with van der Waals surface area (Å²) in [5, 5.41) is 0. The van der Waals surface area contributed by atoms with Gasteiger partial charge in [-0.1, -0.05) is 60.7 Å². The molecule has 2 heterocycles. The smallest absolute Gasteiger partial charge is 0.193 e. The summed E-state index contributed by atoms with van der Waals surface area (Å²) < 4.78 is 11.4. The molecule has 0 aliphatic carbocycles. The fourth-order valence-electron chi connectivity index (χ4n) is 2.86. The first-order valence-corrected chi connectivity index (χ1v) is 7.87. The van der Waals surface area contributed by atoms with Crippen LogP contribution in [0.5, 0.6) is 0 Å². The van der Waals surface area contributed by atoms with Gasteiger partial charge in [0.2, 0.25) is 0 Å². The lowest BCUT2D eigenvalue weighted by molar-refractivity contribution is 0.300. The van der Waals surface area contributed by atoms with Crippen molar-refractivity contribution in [3.05, 3.63) is 71.8 Å². The topological polar surface area (TPSA) is 43.2 Å². The second-order valence-electron chi connectivity index (χ2n) is 5.70. The van der Waals surface area contributed by atoms with Gasteiger partial charge in [0.1, 0.15) is 25.3 Å². The number of hydrogen-bond donors (Lipinski definition) is 0. The first-order chi connectivity index (χ1) is 11.4. The van der Waals surface area contributed by atoms with E-state index in [0.717, 1.165) is 0 Å². The van der Waals surface area contributed by atoms with Crippen molar-refractivity contribution in [1.82, 2.24) is 0 Å². The average molecular weight is 306 g/mol. The third kappa shape index (κ3) is 3.11. The van der Waals surface area contributed by atoms with Crippen LogP contribution in [0.15, 0.2) is 70.6 Å². The highest BCUT2D eigenvalue weighted by Gasteiger charge is 2.26. The SMILES string of the molecule is c1ccc(C2COC(CC3=NC(c4ccccc4)CO3)=N2)cc1. The monoisotopic (exact) mass is 306 g/mol. The molecule has 0 aromatic heterocycles. The van der Waals surface area contributed by atoms with Gasteiger partial charge in [-0.05, 0) is 11.1 Å². The van der Waals surface area contributed by atoms with Crippen LogP contribution in [-0.2, 0) is 9.47 Å². The van der Waals surface area contributed by atoms with Gasteiger partial charge in [-0.2, -0.15) is 0 Å². The molecule has 0 bridgehead atoms. The molecule has 116 valence electrons. The van der Waals surface area contributed by atoms with Crippen LogP contribution in [0.25, 0.3) is 0 Å². The third-order valence-corrected chi connectivity index (χ3v) is 4.09. The lowest BCUT2D eigenvalue weighted by atomic mass is 10.1. The Bertz CT molecular complexity index is 662. The average Bonchev–Trinajstić information content (AvgIpc) is 3.27. The van der Waals surface area contributed by atoms with Gasteiger partial charge in [0.15, 0.2) is 11.8 Å². The van der Waals surface area contributed by atoms with E-state index >= 15 is 0 Å². The molecule has 0 saturated heterocycles. The zero-order valence-corrected chi connectivity index (χ0v) is 12.8. The quantitative estimate of drug-likeness (QED) is 0.864. The van der Waals surface area contributed by atoms with Crippen LogP contribution in [0.2, 0.25) is 0 Å². The molecule has 0 N–H and O–H groups in total. The van der Waals surface area contributed by atoms with Gasteiger partial charge >= 0.3 is 0 Å². The molecule has 2 aromatic rings. The summed E-state index contributed by atoms with van der Waals surface area (Å²) in [4.78, 5) is 9.31. The zero-order chi connectivity index (χ0) is 15.5. The van der Waals surface area contributed by atoms with Crippen LogP contribution >= 0.6 is 0 Å². The van der Waals surface area contributed by atoms with Crippen LogP contribution < -0.4 is 0 Å². The van der Waals surface area contributed by atoms with Crippen molar-refractivity contribution in [2.75, 3.05) is 13.2 Å². The van der Waals surface area contributed by atoms with Crippen LogP contribution in [0.3, 0.4) is 0 Å². The molecule has 4 nitrogen and oxygen atoms in total. The molecule has 0 fully saturated rings. The Morgan fingerprint density at radius 1 is 0.696 bits per heavy atom. The fraction of sp³-hybridized carbons (Fsp3) is 0.263. The van der Waals surface area contributed by atoms with Gasteiger partial charge in [-0.3, -0.25) is 0 Å². The minimum absolute atomic E-state index is 0.0816. The Morgan fingerprint density at radius 3 is 1.57 bits per heavy atom. The van der Waals surface area contributed by atoms with Crippen LogP contribution in [0.4, 0.5) is 0 Å². The van der Waals surface area contributed by atoms with E-state index in [-0.39, 0.29) is 12.1 Å². The van der Waals surface area contributed by atoms with Crippen molar-refractivity contribution < 1.29 is 9.47 Å². The number of aliphatic imine (C=N–C) groups is 2. The molecular formula is C19H18N2O2.